The van der Waals surface area contributed by atoms with Crippen LogP contribution in [-0.2, 0) is 0 Å². The van der Waals surface area contributed by atoms with Crippen molar-refractivity contribution < 1.29 is 9.72 Å². The van der Waals surface area contributed by atoms with Gasteiger partial charge in [-0.3, -0.25) is 14.9 Å². The lowest BCUT2D eigenvalue weighted by molar-refractivity contribution is -0.384. The van der Waals surface area contributed by atoms with Gasteiger partial charge in [0.15, 0.2) is 0 Å². The zero-order chi connectivity index (χ0) is 16.3. The van der Waals surface area contributed by atoms with Crippen molar-refractivity contribution in [3.8, 4) is 0 Å². The predicted octanol–water partition coefficient (Wildman–Crippen LogP) is 3.52. The fraction of sp³-hybridized carbons (Fsp3) is 0.133. The molecule has 0 aliphatic rings. The van der Waals surface area contributed by atoms with Gasteiger partial charge in [-0.25, -0.2) is 0 Å². The summed E-state index contributed by atoms with van der Waals surface area (Å²) in [5.74, 6) is -0.380. The van der Waals surface area contributed by atoms with E-state index in [9.17, 15) is 14.9 Å². The van der Waals surface area contributed by atoms with Gasteiger partial charge in [0.2, 0.25) is 0 Å². The summed E-state index contributed by atoms with van der Waals surface area (Å²) < 4.78 is 1.06. The molecule has 2 rings (SSSR count). The zero-order valence-corrected chi connectivity index (χ0v) is 14.2. The molecule has 1 amide bonds. The lowest BCUT2D eigenvalue weighted by Gasteiger charge is -2.13. The number of nitro benzene ring substituents is 1. The highest BCUT2D eigenvalue weighted by molar-refractivity contribution is 14.1. The molecule has 0 spiro atoms. The number of amides is 1. The summed E-state index contributed by atoms with van der Waals surface area (Å²) in [6, 6.07) is 11.7. The number of carbonyl (C=O) groups is 1. The lowest BCUT2D eigenvalue weighted by atomic mass is 10.1. The van der Waals surface area contributed by atoms with Crippen molar-refractivity contribution in [2.24, 2.45) is 0 Å². The van der Waals surface area contributed by atoms with Crippen molar-refractivity contribution >= 4 is 45.6 Å². The molecule has 0 saturated carbocycles. The van der Waals surface area contributed by atoms with Crippen LogP contribution in [0.5, 0.6) is 0 Å². The first-order valence-electron chi connectivity index (χ1n) is 6.41. The van der Waals surface area contributed by atoms with E-state index in [0.717, 1.165) is 3.57 Å². The van der Waals surface area contributed by atoms with Gasteiger partial charge in [-0.05, 0) is 59.0 Å². The van der Waals surface area contributed by atoms with E-state index in [1.807, 2.05) is 12.1 Å². The van der Waals surface area contributed by atoms with Crippen LogP contribution >= 0.6 is 22.6 Å². The smallest absolute Gasteiger partial charge is 0.293 e. The van der Waals surface area contributed by atoms with Gasteiger partial charge in [0.1, 0.15) is 5.69 Å². The Kier molecular flexibility index (Phi) is 4.96. The minimum Gasteiger partial charge on any atom is -0.372 e. The molecule has 114 valence electrons. The summed E-state index contributed by atoms with van der Waals surface area (Å²) in [6.45, 7) is 0. The number of rotatable bonds is 4. The molecular formula is C15H14IN3O3. The quantitative estimate of drug-likeness (QED) is 0.475. The molecule has 0 aliphatic heterocycles. The van der Waals surface area contributed by atoms with E-state index in [-0.39, 0.29) is 17.2 Å². The predicted molar refractivity (Wildman–Crippen MR) is 94.5 cm³/mol. The third-order valence-electron chi connectivity index (χ3n) is 3.02. The minimum atomic E-state index is -0.489. The average Bonchev–Trinajstić information content (AvgIpc) is 2.48. The third kappa shape index (κ3) is 3.73. The van der Waals surface area contributed by atoms with Crippen molar-refractivity contribution in [3.05, 3.63) is 61.7 Å². The maximum absolute atomic E-state index is 12.2. The largest absolute Gasteiger partial charge is 0.372 e. The summed E-state index contributed by atoms with van der Waals surface area (Å²) >= 11 is 2.17. The maximum atomic E-state index is 12.2. The molecule has 0 unspecified atom stereocenters. The van der Waals surface area contributed by atoms with Gasteiger partial charge < -0.3 is 10.2 Å². The fourth-order valence-corrected chi connectivity index (χ4v) is 2.29. The molecule has 0 aromatic heterocycles. The molecule has 0 aliphatic carbocycles. The SMILES string of the molecule is CN(C)c1ccc(C(=O)Nc2ccc(I)cc2)cc1[N+](=O)[O-]. The molecule has 2 aromatic carbocycles. The lowest BCUT2D eigenvalue weighted by Crippen LogP contribution is -2.15. The average molecular weight is 411 g/mol. The van der Waals surface area contributed by atoms with Crippen LogP contribution in [-0.4, -0.2) is 24.9 Å². The van der Waals surface area contributed by atoms with E-state index in [4.69, 9.17) is 0 Å². The Labute approximate surface area is 141 Å². The number of halogens is 1. The number of nitrogens with zero attached hydrogens (tertiary/aromatic N) is 2. The van der Waals surface area contributed by atoms with Gasteiger partial charge >= 0.3 is 0 Å². The van der Waals surface area contributed by atoms with Gasteiger partial charge in [0, 0.05) is 35.0 Å². The summed E-state index contributed by atoms with van der Waals surface area (Å²) in [4.78, 5) is 24.5. The normalized spacial score (nSPS) is 10.1. The highest BCUT2D eigenvalue weighted by Gasteiger charge is 2.18. The Balaban J connectivity index is 2.28. The number of nitrogens with one attached hydrogen (secondary N) is 1. The molecule has 0 radical (unpaired) electrons. The molecule has 0 saturated heterocycles. The molecule has 2 aromatic rings. The van der Waals surface area contributed by atoms with E-state index in [2.05, 4.69) is 27.9 Å². The number of nitro groups is 1. The minimum absolute atomic E-state index is 0.0970. The summed E-state index contributed by atoms with van der Waals surface area (Å²) in [7, 11) is 3.43. The molecule has 22 heavy (non-hydrogen) atoms. The number of hydrogen-bond donors (Lipinski definition) is 1. The Bertz CT molecular complexity index is 714. The van der Waals surface area contributed by atoms with E-state index in [1.54, 1.807) is 43.3 Å². The van der Waals surface area contributed by atoms with Gasteiger partial charge in [0.05, 0.1) is 4.92 Å². The van der Waals surface area contributed by atoms with E-state index >= 15 is 0 Å². The Morgan fingerprint density at radius 2 is 1.82 bits per heavy atom. The van der Waals surface area contributed by atoms with Gasteiger partial charge in [-0.1, -0.05) is 0 Å². The van der Waals surface area contributed by atoms with Gasteiger partial charge in [0.25, 0.3) is 11.6 Å². The Morgan fingerprint density at radius 1 is 1.18 bits per heavy atom. The van der Waals surface area contributed by atoms with Crippen molar-refractivity contribution in [1.29, 1.82) is 0 Å². The molecule has 0 heterocycles. The Morgan fingerprint density at radius 3 is 2.36 bits per heavy atom. The first kappa shape index (κ1) is 16.2. The van der Waals surface area contributed by atoms with Crippen molar-refractivity contribution in [1.82, 2.24) is 0 Å². The van der Waals surface area contributed by atoms with Crippen molar-refractivity contribution in [2.75, 3.05) is 24.3 Å². The second-order valence-corrected chi connectivity index (χ2v) is 6.06. The monoisotopic (exact) mass is 411 g/mol. The summed E-state index contributed by atoms with van der Waals surface area (Å²) in [5, 5.41) is 13.9. The maximum Gasteiger partial charge on any atom is 0.293 e. The van der Waals surface area contributed by atoms with Crippen LogP contribution in [0.15, 0.2) is 42.5 Å². The van der Waals surface area contributed by atoms with Crippen LogP contribution in [0.1, 0.15) is 10.4 Å². The zero-order valence-electron chi connectivity index (χ0n) is 12.0. The molecule has 0 bridgehead atoms. The summed E-state index contributed by atoms with van der Waals surface area (Å²) in [6.07, 6.45) is 0. The van der Waals surface area contributed by atoms with Crippen molar-refractivity contribution in [2.45, 2.75) is 0 Å². The number of anilines is 2. The molecule has 6 nitrogen and oxygen atoms in total. The van der Waals surface area contributed by atoms with E-state index < -0.39 is 4.92 Å². The first-order chi connectivity index (χ1) is 10.4. The fourth-order valence-electron chi connectivity index (χ4n) is 1.93. The first-order valence-corrected chi connectivity index (χ1v) is 7.49. The van der Waals surface area contributed by atoms with Crippen molar-refractivity contribution in [3.63, 3.8) is 0 Å². The van der Waals surface area contributed by atoms with Gasteiger partial charge in [-0.15, -0.1) is 0 Å². The highest BCUT2D eigenvalue weighted by atomic mass is 127. The molecule has 0 atom stereocenters. The molecule has 1 N–H and O–H groups in total. The van der Waals surface area contributed by atoms with Crippen LogP contribution in [0.25, 0.3) is 0 Å². The van der Waals surface area contributed by atoms with E-state index in [1.165, 1.54) is 6.07 Å². The van der Waals surface area contributed by atoms with Crippen LogP contribution in [0, 0.1) is 13.7 Å². The third-order valence-corrected chi connectivity index (χ3v) is 3.74. The van der Waals surface area contributed by atoms with Gasteiger partial charge in [-0.2, -0.15) is 0 Å². The topological polar surface area (TPSA) is 75.5 Å². The Hall–Kier alpha value is -2.16. The van der Waals surface area contributed by atoms with Crippen LogP contribution in [0.3, 0.4) is 0 Å². The van der Waals surface area contributed by atoms with Crippen LogP contribution in [0.2, 0.25) is 0 Å². The number of carbonyl (C=O) groups excluding carboxylic acids is 1. The second-order valence-electron chi connectivity index (χ2n) is 4.82. The molecular weight excluding hydrogens is 397 g/mol. The number of benzene rings is 2. The van der Waals surface area contributed by atoms with E-state index in [0.29, 0.717) is 11.4 Å². The standard InChI is InChI=1S/C15H14IN3O3/c1-18(2)13-8-3-10(9-14(13)19(21)22)15(20)17-12-6-4-11(16)5-7-12/h3-9H,1-2H3,(H,17,20). The highest BCUT2D eigenvalue weighted by Crippen LogP contribution is 2.28. The molecule has 7 heteroatoms. The van der Waals surface area contributed by atoms with Crippen LogP contribution < -0.4 is 10.2 Å². The summed E-state index contributed by atoms with van der Waals surface area (Å²) in [5.41, 5.74) is 1.25. The molecule has 0 fully saturated rings. The number of hydrogen-bond acceptors (Lipinski definition) is 4. The van der Waals surface area contributed by atoms with Crippen LogP contribution in [0.4, 0.5) is 17.1 Å². The second kappa shape index (κ2) is 6.73.